The first-order valence-electron chi connectivity index (χ1n) is 6.18. The number of aliphatic carboxylic acids is 1. The second kappa shape index (κ2) is 5.60. The van der Waals surface area contributed by atoms with Gasteiger partial charge in [-0.3, -0.25) is 0 Å². The third kappa shape index (κ3) is 3.34. The summed E-state index contributed by atoms with van der Waals surface area (Å²) in [6.45, 7) is 3.16. The Kier molecular flexibility index (Phi) is 4.06. The third-order valence-corrected chi connectivity index (χ3v) is 2.80. The molecule has 108 valence electrons. The van der Waals surface area contributed by atoms with Crippen molar-refractivity contribution in [3.05, 3.63) is 35.9 Å². The average Bonchev–Trinajstić information content (AvgIpc) is 2.74. The van der Waals surface area contributed by atoms with Crippen LogP contribution in [0.15, 0.2) is 30.3 Å². The molecule has 0 aliphatic carbocycles. The standard InChI is InChI=1S/C14H16O6/c1-14(2)19-10(12(15)16)11(20-14)13(17)18-8-9-6-4-3-5-7-9/h3-7,10-11H,8H2,1-2H3,(H,15,16)/t10-,11-/m1/s1. The van der Waals surface area contributed by atoms with Gasteiger partial charge in [-0.25, -0.2) is 9.59 Å². The van der Waals surface area contributed by atoms with Gasteiger partial charge in [0.15, 0.2) is 18.0 Å². The van der Waals surface area contributed by atoms with Crippen molar-refractivity contribution in [3.8, 4) is 0 Å². The van der Waals surface area contributed by atoms with Gasteiger partial charge in [-0.05, 0) is 19.4 Å². The van der Waals surface area contributed by atoms with Gasteiger partial charge in [0.1, 0.15) is 6.61 Å². The van der Waals surface area contributed by atoms with Gasteiger partial charge < -0.3 is 19.3 Å². The minimum atomic E-state index is -1.35. The van der Waals surface area contributed by atoms with Crippen molar-refractivity contribution in [2.24, 2.45) is 0 Å². The second-order valence-corrected chi connectivity index (χ2v) is 4.91. The van der Waals surface area contributed by atoms with Gasteiger partial charge in [-0.1, -0.05) is 30.3 Å². The molecular formula is C14H16O6. The van der Waals surface area contributed by atoms with Crippen LogP contribution in [0.25, 0.3) is 0 Å². The summed E-state index contributed by atoms with van der Waals surface area (Å²) in [4.78, 5) is 23.0. The first kappa shape index (κ1) is 14.5. The van der Waals surface area contributed by atoms with Crippen molar-refractivity contribution in [2.75, 3.05) is 0 Å². The fourth-order valence-electron chi connectivity index (χ4n) is 1.93. The number of carbonyl (C=O) groups excluding carboxylic acids is 1. The van der Waals surface area contributed by atoms with Crippen LogP contribution in [0.4, 0.5) is 0 Å². The number of carboxylic acids is 1. The summed E-state index contributed by atoms with van der Waals surface area (Å²) >= 11 is 0. The summed E-state index contributed by atoms with van der Waals surface area (Å²) in [5.74, 6) is -3.12. The van der Waals surface area contributed by atoms with Crippen molar-refractivity contribution in [1.29, 1.82) is 0 Å². The highest BCUT2D eigenvalue weighted by atomic mass is 16.8. The molecule has 0 spiro atoms. The molecule has 1 aliphatic rings. The summed E-state index contributed by atoms with van der Waals surface area (Å²) in [5.41, 5.74) is 0.811. The van der Waals surface area contributed by atoms with Crippen LogP contribution in [0, 0.1) is 0 Å². The minimum Gasteiger partial charge on any atom is -0.479 e. The number of benzene rings is 1. The molecule has 6 nitrogen and oxygen atoms in total. The van der Waals surface area contributed by atoms with Crippen LogP contribution >= 0.6 is 0 Å². The van der Waals surface area contributed by atoms with E-state index in [1.165, 1.54) is 0 Å². The van der Waals surface area contributed by atoms with Gasteiger partial charge in [0.2, 0.25) is 0 Å². The highest BCUT2D eigenvalue weighted by Gasteiger charge is 2.50. The Balaban J connectivity index is 1.99. The molecule has 1 saturated heterocycles. The Morgan fingerprint density at radius 3 is 2.40 bits per heavy atom. The maximum absolute atomic E-state index is 11.9. The van der Waals surface area contributed by atoms with E-state index in [9.17, 15) is 9.59 Å². The summed E-state index contributed by atoms with van der Waals surface area (Å²) in [7, 11) is 0. The van der Waals surface area contributed by atoms with Crippen LogP contribution in [0.3, 0.4) is 0 Å². The molecule has 0 saturated carbocycles. The number of hydrogen-bond donors (Lipinski definition) is 1. The Morgan fingerprint density at radius 1 is 1.20 bits per heavy atom. The van der Waals surface area contributed by atoms with Crippen molar-refractivity contribution < 1.29 is 28.9 Å². The van der Waals surface area contributed by atoms with E-state index < -0.39 is 29.9 Å². The van der Waals surface area contributed by atoms with Crippen LogP contribution < -0.4 is 0 Å². The Morgan fingerprint density at radius 2 is 1.80 bits per heavy atom. The monoisotopic (exact) mass is 280 g/mol. The SMILES string of the molecule is CC1(C)O[C@@H](C(=O)O)[C@H](C(=O)OCc2ccccc2)O1. The van der Waals surface area contributed by atoms with E-state index in [-0.39, 0.29) is 6.61 Å². The van der Waals surface area contributed by atoms with Gasteiger partial charge in [0.05, 0.1) is 0 Å². The Labute approximate surface area is 116 Å². The molecule has 0 aromatic heterocycles. The largest absolute Gasteiger partial charge is 0.479 e. The van der Waals surface area contributed by atoms with E-state index in [1.54, 1.807) is 26.0 Å². The summed E-state index contributed by atoms with van der Waals surface area (Å²) in [5, 5.41) is 9.04. The molecule has 20 heavy (non-hydrogen) atoms. The zero-order valence-corrected chi connectivity index (χ0v) is 11.2. The molecule has 1 fully saturated rings. The van der Waals surface area contributed by atoms with Crippen LogP contribution in [-0.4, -0.2) is 35.0 Å². The molecule has 1 heterocycles. The van der Waals surface area contributed by atoms with Crippen molar-refractivity contribution >= 4 is 11.9 Å². The molecule has 0 bridgehead atoms. The van der Waals surface area contributed by atoms with E-state index in [4.69, 9.17) is 19.3 Å². The predicted molar refractivity (Wildman–Crippen MR) is 67.7 cm³/mol. The van der Waals surface area contributed by atoms with Gasteiger partial charge in [-0.15, -0.1) is 0 Å². The molecule has 1 aliphatic heterocycles. The molecular weight excluding hydrogens is 264 g/mol. The molecule has 2 rings (SSSR count). The smallest absolute Gasteiger partial charge is 0.339 e. The van der Waals surface area contributed by atoms with E-state index >= 15 is 0 Å². The second-order valence-electron chi connectivity index (χ2n) is 4.91. The lowest BCUT2D eigenvalue weighted by atomic mass is 10.2. The molecule has 0 radical (unpaired) electrons. The lowest BCUT2D eigenvalue weighted by Crippen LogP contribution is -2.38. The van der Waals surface area contributed by atoms with Crippen LogP contribution in [0.5, 0.6) is 0 Å². The predicted octanol–water partition coefficient (Wildman–Crippen LogP) is 1.33. The van der Waals surface area contributed by atoms with Gasteiger partial charge in [-0.2, -0.15) is 0 Å². The third-order valence-electron chi connectivity index (χ3n) is 2.80. The molecule has 1 aromatic carbocycles. The first-order valence-corrected chi connectivity index (χ1v) is 6.18. The quantitative estimate of drug-likeness (QED) is 0.838. The Hall–Kier alpha value is -1.92. The zero-order valence-electron chi connectivity index (χ0n) is 11.2. The lowest BCUT2D eigenvalue weighted by Gasteiger charge is -2.16. The average molecular weight is 280 g/mol. The topological polar surface area (TPSA) is 82.1 Å². The molecule has 2 atom stereocenters. The number of ether oxygens (including phenoxy) is 3. The minimum absolute atomic E-state index is 0.0618. The van der Waals surface area contributed by atoms with Gasteiger partial charge in [0.25, 0.3) is 0 Å². The molecule has 6 heteroatoms. The maximum Gasteiger partial charge on any atom is 0.339 e. The Bertz CT molecular complexity index is 496. The van der Waals surface area contributed by atoms with E-state index in [1.807, 2.05) is 18.2 Å². The lowest BCUT2D eigenvalue weighted by molar-refractivity contribution is -0.172. The normalized spacial score (nSPS) is 24.3. The number of hydrogen-bond acceptors (Lipinski definition) is 5. The molecule has 0 unspecified atom stereocenters. The summed E-state index contributed by atoms with van der Waals surface area (Å²) < 4.78 is 15.5. The number of rotatable bonds is 4. The first-order chi connectivity index (χ1) is 9.39. The number of carbonyl (C=O) groups is 2. The zero-order chi connectivity index (χ0) is 14.8. The fraction of sp³-hybridized carbons (Fsp3) is 0.429. The van der Waals surface area contributed by atoms with Crippen molar-refractivity contribution in [1.82, 2.24) is 0 Å². The highest BCUT2D eigenvalue weighted by Crippen LogP contribution is 2.29. The van der Waals surface area contributed by atoms with Gasteiger partial charge in [0, 0.05) is 0 Å². The highest BCUT2D eigenvalue weighted by molar-refractivity contribution is 5.85. The number of esters is 1. The van der Waals surface area contributed by atoms with Gasteiger partial charge >= 0.3 is 11.9 Å². The van der Waals surface area contributed by atoms with Crippen LogP contribution in [-0.2, 0) is 30.4 Å². The molecule has 0 amide bonds. The van der Waals surface area contributed by atoms with E-state index in [0.717, 1.165) is 5.56 Å². The molecule has 1 aromatic rings. The number of carboxylic acid groups (broad SMARTS) is 1. The van der Waals surface area contributed by atoms with Crippen molar-refractivity contribution in [2.45, 2.75) is 38.4 Å². The van der Waals surface area contributed by atoms with Crippen LogP contribution in [0.1, 0.15) is 19.4 Å². The maximum atomic E-state index is 11.9. The fourth-order valence-corrected chi connectivity index (χ4v) is 1.93. The summed E-state index contributed by atoms with van der Waals surface area (Å²) in [6.07, 6.45) is -2.61. The summed E-state index contributed by atoms with van der Waals surface area (Å²) in [6, 6.07) is 9.10. The van der Waals surface area contributed by atoms with E-state index in [2.05, 4.69) is 0 Å². The van der Waals surface area contributed by atoms with E-state index in [0.29, 0.717) is 0 Å². The molecule has 1 N–H and O–H groups in total. The van der Waals surface area contributed by atoms with Crippen molar-refractivity contribution in [3.63, 3.8) is 0 Å². The van der Waals surface area contributed by atoms with Crippen LogP contribution in [0.2, 0.25) is 0 Å².